The third-order valence-electron chi connectivity index (χ3n) is 4.98. The highest BCUT2D eigenvalue weighted by atomic mass is 79.9. The Morgan fingerprint density at radius 1 is 1.23 bits per heavy atom. The van der Waals surface area contributed by atoms with Crippen LogP contribution >= 0.6 is 15.9 Å². The second-order valence-electron chi connectivity index (χ2n) is 7.22. The second kappa shape index (κ2) is 9.81. The Kier molecular flexibility index (Phi) is 7.39. The highest BCUT2D eigenvalue weighted by Crippen LogP contribution is 2.29. The van der Waals surface area contributed by atoms with Gasteiger partial charge >= 0.3 is 0 Å². The first-order valence-electron chi connectivity index (χ1n) is 9.34. The van der Waals surface area contributed by atoms with Crippen molar-refractivity contribution >= 4 is 43.5 Å². The molecule has 6 N–H and O–H groups in total. The SMILES string of the molecule is NC(=Nc1ccc(F)c(Br)c1)c1nonc1NCC1CCC(CNS(N)(=O)=O)CC1. The first kappa shape index (κ1) is 22.6. The lowest BCUT2D eigenvalue weighted by atomic mass is 9.82. The number of rotatable bonds is 8. The van der Waals surface area contributed by atoms with Crippen molar-refractivity contribution in [3.8, 4) is 0 Å². The summed E-state index contributed by atoms with van der Waals surface area (Å²) in [6.45, 7) is 1.01. The fourth-order valence-electron chi connectivity index (χ4n) is 3.33. The molecule has 1 fully saturated rings. The molecule has 1 aliphatic rings. The Balaban J connectivity index is 1.54. The van der Waals surface area contributed by atoms with E-state index in [0.717, 1.165) is 25.7 Å². The second-order valence-corrected chi connectivity index (χ2v) is 9.45. The van der Waals surface area contributed by atoms with Crippen LogP contribution in [0.1, 0.15) is 31.4 Å². The average molecular weight is 504 g/mol. The van der Waals surface area contributed by atoms with Crippen molar-refractivity contribution in [2.45, 2.75) is 25.7 Å². The largest absolute Gasteiger partial charge is 0.382 e. The van der Waals surface area contributed by atoms with Gasteiger partial charge < -0.3 is 11.1 Å². The van der Waals surface area contributed by atoms with Crippen molar-refractivity contribution in [1.82, 2.24) is 15.0 Å². The third-order valence-corrected chi connectivity index (χ3v) is 6.16. The van der Waals surface area contributed by atoms with Crippen LogP contribution in [-0.4, -0.2) is 37.7 Å². The van der Waals surface area contributed by atoms with Crippen molar-refractivity contribution in [3.05, 3.63) is 34.2 Å². The molecule has 3 rings (SSSR count). The number of hydrogen-bond donors (Lipinski definition) is 4. The molecule has 1 aromatic carbocycles. The molecule has 0 unspecified atom stereocenters. The predicted octanol–water partition coefficient (Wildman–Crippen LogP) is 2.02. The van der Waals surface area contributed by atoms with E-state index in [2.05, 4.69) is 41.3 Å². The maximum Gasteiger partial charge on any atom is 0.274 e. The Bertz CT molecular complexity index is 1010. The molecule has 0 radical (unpaired) electrons. The molecule has 1 aromatic heterocycles. The summed E-state index contributed by atoms with van der Waals surface area (Å²) in [5.41, 5.74) is 6.77. The summed E-state index contributed by atoms with van der Waals surface area (Å²) in [5.74, 6) is 0.756. The van der Waals surface area contributed by atoms with Gasteiger partial charge in [0, 0.05) is 13.1 Å². The van der Waals surface area contributed by atoms with E-state index in [-0.39, 0.29) is 21.9 Å². The Morgan fingerprint density at radius 2 is 1.90 bits per heavy atom. The summed E-state index contributed by atoms with van der Waals surface area (Å²) in [7, 11) is -3.65. The predicted molar refractivity (Wildman–Crippen MR) is 114 cm³/mol. The van der Waals surface area contributed by atoms with Crippen molar-refractivity contribution in [2.75, 3.05) is 18.4 Å². The van der Waals surface area contributed by atoms with E-state index < -0.39 is 16.0 Å². The molecule has 2 aromatic rings. The van der Waals surface area contributed by atoms with Gasteiger partial charge in [0.2, 0.25) is 5.82 Å². The number of nitrogens with one attached hydrogen (secondary N) is 2. The number of benzene rings is 1. The van der Waals surface area contributed by atoms with Gasteiger partial charge in [0.05, 0.1) is 10.2 Å². The summed E-state index contributed by atoms with van der Waals surface area (Å²) in [6, 6.07) is 4.29. The van der Waals surface area contributed by atoms with Gasteiger partial charge in [-0.25, -0.2) is 23.9 Å². The smallest absolute Gasteiger partial charge is 0.274 e. The minimum atomic E-state index is -3.65. The molecular formula is C17H23BrFN7O3S. The van der Waals surface area contributed by atoms with Crippen LogP contribution in [0.2, 0.25) is 0 Å². The highest BCUT2D eigenvalue weighted by Gasteiger charge is 2.23. The van der Waals surface area contributed by atoms with Crippen LogP contribution in [0.4, 0.5) is 15.9 Å². The van der Waals surface area contributed by atoms with Crippen LogP contribution in [0.5, 0.6) is 0 Å². The molecule has 1 aliphatic carbocycles. The number of aromatic nitrogens is 2. The summed E-state index contributed by atoms with van der Waals surface area (Å²) in [4.78, 5) is 4.24. The number of hydrogen-bond acceptors (Lipinski definition) is 7. The molecule has 164 valence electrons. The molecule has 1 heterocycles. The first-order chi connectivity index (χ1) is 14.2. The van der Waals surface area contributed by atoms with Crippen LogP contribution in [0, 0.1) is 17.7 Å². The Labute approximate surface area is 182 Å². The molecule has 0 atom stereocenters. The molecule has 0 bridgehead atoms. The van der Waals surface area contributed by atoms with Gasteiger partial charge in [-0.2, -0.15) is 8.42 Å². The van der Waals surface area contributed by atoms with E-state index in [1.165, 1.54) is 18.2 Å². The minimum absolute atomic E-state index is 0.0926. The molecule has 0 saturated heterocycles. The third kappa shape index (κ3) is 6.45. The zero-order valence-corrected chi connectivity index (χ0v) is 18.4. The van der Waals surface area contributed by atoms with E-state index in [4.69, 9.17) is 15.5 Å². The summed E-state index contributed by atoms with van der Waals surface area (Å²) >= 11 is 3.11. The van der Waals surface area contributed by atoms with Gasteiger partial charge in [0.15, 0.2) is 11.5 Å². The average Bonchev–Trinajstić information content (AvgIpc) is 3.17. The molecule has 0 spiro atoms. The lowest BCUT2D eigenvalue weighted by molar-refractivity contribution is 0.283. The maximum atomic E-state index is 13.4. The zero-order valence-electron chi connectivity index (χ0n) is 16.0. The number of halogens is 2. The molecule has 10 nitrogen and oxygen atoms in total. The van der Waals surface area contributed by atoms with Crippen molar-refractivity contribution in [1.29, 1.82) is 0 Å². The maximum absolute atomic E-state index is 13.4. The van der Waals surface area contributed by atoms with Crippen LogP contribution < -0.4 is 20.9 Å². The lowest BCUT2D eigenvalue weighted by Gasteiger charge is -2.28. The van der Waals surface area contributed by atoms with Gasteiger partial charge in [-0.15, -0.1) is 0 Å². The zero-order chi connectivity index (χ0) is 21.7. The first-order valence-corrected chi connectivity index (χ1v) is 11.7. The van der Waals surface area contributed by atoms with E-state index >= 15 is 0 Å². The lowest BCUT2D eigenvalue weighted by Crippen LogP contribution is -2.36. The Hall–Kier alpha value is -2.09. The molecular weight excluding hydrogens is 481 g/mol. The number of nitrogens with zero attached hydrogens (tertiary/aromatic N) is 3. The molecule has 1 saturated carbocycles. The topological polar surface area (TPSA) is 162 Å². The van der Waals surface area contributed by atoms with Crippen LogP contribution in [0.15, 0.2) is 32.3 Å². The molecule has 13 heteroatoms. The van der Waals surface area contributed by atoms with Gasteiger partial charge in [-0.05, 0) is 82.0 Å². The highest BCUT2D eigenvalue weighted by molar-refractivity contribution is 9.10. The van der Waals surface area contributed by atoms with E-state index in [1.807, 2.05) is 0 Å². The summed E-state index contributed by atoms with van der Waals surface area (Å²) < 4.78 is 42.8. The summed E-state index contributed by atoms with van der Waals surface area (Å²) in [6.07, 6.45) is 3.69. The minimum Gasteiger partial charge on any atom is -0.382 e. The number of nitrogens with two attached hydrogens (primary N) is 2. The van der Waals surface area contributed by atoms with Crippen LogP contribution in [0.25, 0.3) is 0 Å². The fraction of sp³-hybridized carbons (Fsp3) is 0.471. The number of aliphatic imine (C=N–C) groups is 1. The molecule has 0 aliphatic heterocycles. The van der Waals surface area contributed by atoms with Crippen LogP contribution in [-0.2, 0) is 10.2 Å². The van der Waals surface area contributed by atoms with Crippen molar-refractivity contribution < 1.29 is 17.4 Å². The van der Waals surface area contributed by atoms with Gasteiger partial charge in [-0.1, -0.05) is 0 Å². The Morgan fingerprint density at radius 3 is 2.53 bits per heavy atom. The van der Waals surface area contributed by atoms with Crippen molar-refractivity contribution in [2.24, 2.45) is 27.7 Å². The summed E-state index contributed by atoms with van der Waals surface area (Å²) in [5, 5.41) is 15.8. The van der Waals surface area contributed by atoms with E-state index in [1.54, 1.807) is 0 Å². The molecule has 0 amide bonds. The monoisotopic (exact) mass is 503 g/mol. The standard InChI is InChI=1S/C17H23BrFN7O3S/c18-13-7-12(5-6-14(13)19)24-16(20)15-17(26-29-25-15)22-8-10-1-3-11(4-2-10)9-23-30(21,27)28/h5-7,10-11,23H,1-4,8-9H2,(H2,20,24)(H,22,26)(H2,21,27,28). The fourth-order valence-corrected chi connectivity index (χ4v) is 4.17. The van der Waals surface area contributed by atoms with Gasteiger partial charge in [0.1, 0.15) is 5.82 Å². The van der Waals surface area contributed by atoms with E-state index in [0.29, 0.717) is 30.5 Å². The normalized spacial score (nSPS) is 20.3. The number of anilines is 1. The number of amidine groups is 1. The van der Waals surface area contributed by atoms with Gasteiger partial charge in [-0.3, -0.25) is 0 Å². The van der Waals surface area contributed by atoms with Crippen molar-refractivity contribution in [3.63, 3.8) is 0 Å². The van der Waals surface area contributed by atoms with Crippen LogP contribution in [0.3, 0.4) is 0 Å². The van der Waals surface area contributed by atoms with E-state index in [9.17, 15) is 12.8 Å². The van der Waals surface area contributed by atoms with Gasteiger partial charge in [0.25, 0.3) is 10.2 Å². The molecule has 30 heavy (non-hydrogen) atoms. The quantitative estimate of drug-likeness (QED) is 0.316.